The summed E-state index contributed by atoms with van der Waals surface area (Å²) < 4.78 is 10.5. The number of hydrogen-bond donors (Lipinski definition) is 2. The van der Waals surface area contributed by atoms with Crippen LogP contribution in [0.4, 0.5) is 0 Å². The normalized spacial score (nSPS) is 17.8. The zero-order chi connectivity index (χ0) is 23.6. The molecule has 1 atom stereocenters. The molecule has 2 aromatic rings. The highest BCUT2D eigenvalue weighted by molar-refractivity contribution is 6.46. The van der Waals surface area contributed by atoms with E-state index in [4.69, 9.17) is 9.47 Å². The highest BCUT2D eigenvalue weighted by Crippen LogP contribution is 2.41. The fraction of sp³-hybridized carbons (Fsp3) is 0.333. The second-order valence-corrected chi connectivity index (χ2v) is 7.91. The summed E-state index contributed by atoms with van der Waals surface area (Å²) in [5, 5.41) is 21.2. The van der Waals surface area contributed by atoms with Gasteiger partial charge in [-0.05, 0) is 62.5 Å². The van der Waals surface area contributed by atoms with Gasteiger partial charge in [-0.2, -0.15) is 0 Å². The third-order valence-electron chi connectivity index (χ3n) is 5.52. The summed E-state index contributed by atoms with van der Waals surface area (Å²) in [6.45, 7) is 2.64. The summed E-state index contributed by atoms with van der Waals surface area (Å²) in [5.74, 6) is -0.915. The van der Waals surface area contributed by atoms with E-state index in [2.05, 4.69) is 0 Å². The first-order valence-electron chi connectivity index (χ1n) is 10.1. The van der Waals surface area contributed by atoms with Crippen molar-refractivity contribution in [2.24, 2.45) is 0 Å². The fourth-order valence-electron chi connectivity index (χ4n) is 3.81. The van der Waals surface area contributed by atoms with Gasteiger partial charge in [0.15, 0.2) is 11.5 Å². The second-order valence-electron chi connectivity index (χ2n) is 7.91. The molecule has 2 N–H and O–H groups in total. The molecule has 8 heteroatoms. The Balaban J connectivity index is 2.19. The van der Waals surface area contributed by atoms with Gasteiger partial charge in [0, 0.05) is 18.7 Å². The molecule has 1 heterocycles. The average Bonchev–Trinajstić information content (AvgIpc) is 3.02. The van der Waals surface area contributed by atoms with Crippen molar-refractivity contribution in [3.05, 3.63) is 58.7 Å². The van der Waals surface area contributed by atoms with Gasteiger partial charge in [0.05, 0.1) is 25.8 Å². The van der Waals surface area contributed by atoms with Crippen molar-refractivity contribution in [3.8, 4) is 17.2 Å². The number of benzene rings is 2. The van der Waals surface area contributed by atoms with Crippen molar-refractivity contribution in [1.29, 1.82) is 0 Å². The first-order valence-corrected chi connectivity index (χ1v) is 10.1. The lowest BCUT2D eigenvalue weighted by atomic mass is 9.94. The number of aliphatic hydroxyl groups excluding tert-OH is 1. The van der Waals surface area contributed by atoms with E-state index >= 15 is 0 Å². The van der Waals surface area contributed by atoms with Gasteiger partial charge in [-0.25, -0.2) is 0 Å². The molecular weight excluding hydrogens is 412 g/mol. The Morgan fingerprint density at radius 2 is 1.75 bits per heavy atom. The molecule has 0 saturated carbocycles. The number of likely N-dealkylation sites (N-methyl/N-ethyl adjacent to an activating group) is 1. The van der Waals surface area contributed by atoms with E-state index in [9.17, 15) is 19.8 Å². The van der Waals surface area contributed by atoms with Crippen molar-refractivity contribution in [3.63, 3.8) is 0 Å². The molecule has 32 heavy (non-hydrogen) atoms. The number of methoxy groups -OCH3 is 2. The van der Waals surface area contributed by atoms with Gasteiger partial charge in [-0.1, -0.05) is 6.07 Å². The zero-order valence-corrected chi connectivity index (χ0v) is 18.9. The monoisotopic (exact) mass is 440 g/mol. The van der Waals surface area contributed by atoms with Gasteiger partial charge in [-0.3, -0.25) is 9.59 Å². The third-order valence-corrected chi connectivity index (χ3v) is 5.52. The van der Waals surface area contributed by atoms with Gasteiger partial charge >= 0.3 is 0 Å². The lowest BCUT2D eigenvalue weighted by Crippen LogP contribution is -2.35. The summed E-state index contributed by atoms with van der Waals surface area (Å²) in [6, 6.07) is 8.85. The molecule has 1 unspecified atom stereocenters. The highest BCUT2D eigenvalue weighted by atomic mass is 16.5. The molecule has 1 aliphatic rings. The van der Waals surface area contributed by atoms with E-state index < -0.39 is 17.7 Å². The van der Waals surface area contributed by atoms with Crippen LogP contribution in [0.1, 0.15) is 22.7 Å². The van der Waals surface area contributed by atoms with E-state index in [-0.39, 0.29) is 29.4 Å². The van der Waals surface area contributed by atoms with Crippen LogP contribution in [0.25, 0.3) is 5.76 Å². The Hall–Kier alpha value is -3.52. The van der Waals surface area contributed by atoms with Crippen LogP contribution in [0.3, 0.4) is 0 Å². The lowest BCUT2D eigenvalue weighted by molar-refractivity contribution is -0.140. The predicted octanol–water partition coefficient (Wildman–Crippen LogP) is 2.70. The van der Waals surface area contributed by atoms with E-state index in [0.717, 1.165) is 5.56 Å². The number of carbonyl (C=O) groups is 2. The standard InChI is InChI=1S/C24H28N2O6/c1-14-12-16(7-9-18(14)31-4)22(28)20-21(15-6-8-17(27)19(13-15)32-5)26(11-10-25(2)3)24(30)23(20)29/h6-9,12-13,21,27-28H,10-11H2,1-5H3/b22-20-. The number of aromatic hydroxyl groups is 1. The number of phenols is 1. The van der Waals surface area contributed by atoms with Crippen molar-refractivity contribution >= 4 is 17.4 Å². The van der Waals surface area contributed by atoms with E-state index in [1.807, 2.05) is 25.9 Å². The molecule has 0 spiro atoms. The van der Waals surface area contributed by atoms with Crippen LogP contribution in [-0.2, 0) is 9.59 Å². The molecule has 1 fully saturated rings. The van der Waals surface area contributed by atoms with Gasteiger partial charge in [-0.15, -0.1) is 0 Å². The number of aliphatic hydroxyl groups is 1. The number of likely N-dealkylation sites (tertiary alicyclic amines) is 1. The minimum atomic E-state index is -0.827. The maximum atomic E-state index is 13.1. The Morgan fingerprint density at radius 3 is 2.34 bits per heavy atom. The number of carbonyl (C=O) groups excluding carboxylic acids is 2. The number of amides is 1. The topological polar surface area (TPSA) is 99.5 Å². The van der Waals surface area contributed by atoms with Gasteiger partial charge in [0.25, 0.3) is 11.7 Å². The van der Waals surface area contributed by atoms with Crippen molar-refractivity contribution in [1.82, 2.24) is 9.80 Å². The second kappa shape index (κ2) is 9.32. The first kappa shape index (κ1) is 23.1. The summed E-state index contributed by atoms with van der Waals surface area (Å²) >= 11 is 0. The van der Waals surface area contributed by atoms with Crippen LogP contribution in [0.5, 0.6) is 17.2 Å². The SMILES string of the molecule is COc1ccc(/C(O)=C2/C(=O)C(=O)N(CCN(C)C)C2c2ccc(O)c(OC)c2)cc1C. The van der Waals surface area contributed by atoms with E-state index in [1.54, 1.807) is 37.4 Å². The van der Waals surface area contributed by atoms with E-state index in [0.29, 0.717) is 23.4 Å². The summed E-state index contributed by atoms with van der Waals surface area (Å²) in [5.41, 5.74) is 1.72. The van der Waals surface area contributed by atoms with Crippen LogP contribution in [-0.4, -0.2) is 73.1 Å². The summed E-state index contributed by atoms with van der Waals surface area (Å²) in [4.78, 5) is 29.4. The predicted molar refractivity (Wildman–Crippen MR) is 120 cm³/mol. The molecule has 8 nitrogen and oxygen atoms in total. The van der Waals surface area contributed by atoms with Gasteiger partial charge in [0.1, 0.15) is 11.5 Å². The molecule has 0 radical (unpaired) electrons. The molecule has 1 aliphatic heterocycles. The third kappa shape index (κ3) is 4.27. The number of aryl methyl sites for hydroxylation is 1. The molecule has 2 aromatic carbocycles. The average molecular weight is 440 g/mol. The zero-order valence-electron chi connectivity index (χ0n) is 18.9. The lowest BCUT2D eigenvalue weighted by Gasteiger charge is -2.27. The molecule has 170 valence electrons. The molecule has 3 rings (SSSR count). The fourth-order valence-corrected chi connectivity index (χ4v) is 3.81. The van der Waals surface area contributed by atoms with Crippen LogP contribution in [0.2, 0.25) is 0 Å². The number of rotatable bonds is 7. The van der Waals surface area contributed by atoms with Crippen LogP contribution >= 0.6 is 0 Å². The maximum absolute atomic E-state index is 13.1. The van der Waals surface area contributed by atoms with Gasteiger partial charge in [0.2, 0.25) is 0 Å². The maximum Gasteiger partial charge on any atom is 0.295 e. The highest BCUT2D eigenvalue weighted by Gasteiger charge is 2.46. The molecular formula is C24H28N2O6. The van der Waals surface area contributed by atoms with Crippen LogP contribution in [0, 0.1) is 6.92 Å². The minimum Gasteiger partial charge on any atom is -0.507 e. The number of hydrogen-bond acceptors (Lipinski definition) is 7. The van der Waals surface area contributed by atoms with Crippen LogP contribution in [0.15, 0.2) is 42.0 Å². The molecule has 1 amide bonds. The Labute approximate surface area is 187 Å². The number of ketones is 1. The molecule has 0 aliphatic carbocycles. The minimum absolute atomic E-state index is 0.00827. The molecule has 1 saturated heterocycles. The Bertz CT molecular complexity index is 1080. The number of Topliss-reactive ketones (excluding diaryl/α,β-unsaturated/α-hetero) is 1. The Kier molecular flexibility index (Phi) is 6.74. The van der Waals surface area contributed by atoms with E-state index in [1.165, 1.54) is 18.1 Å². The first-order chi connectivity index (χ1) is 15.2. The van der Waals surface area contributed by atoms with Gasteiger partial charge < -0.3 is 29.5 Å². The Morgan fingerprint density at radius 1 is 1.06 bits per heavy atom. The summed E-state index contributed by atoms with van der Waals surface area (Å²) in [6.07, 6.45) is 0. The molecule has 0 aromatic heterocycles. The number of nitrogens with zero attached hydrogens (tertiary/aromatic N) is 2. The summed E-state index contributed by atoms with van der Waals surface area (Å²) in [7, 11) is 6.71. The van der Waals surface area contributed by atoms with Crippen molar-refractivity contribution in [2.45, 2.75) is 13.0 Å². The van der Waals surface area contributed by atoms with Crippen molar-refractivity contribution < 1.29 is 29.3 Å². The largest absolute Gasteiger partial charge is 0.507 e. The number of ether oxygens (including phenoxy) is 2. The molecule has 0 bridgehead atoms. The quantitative estimate of drug-likeness (QED) is 0.388. The smallest absolute Gasteiger partial charge is 0.295 e. The van der Waals surface area contributed by atoms with Crippen molar-refractivity contribution in [2.75, 3.05) is 41.4 Å². The number of phenolic OH excluding ortho intramolecular Hbond substituents is 1. The van der Waals surface area contributed by atoms with Crippen LogP contribution < -0.4 is 9.47 Å².